The molecule has 0 unspecified atom stereocenters. The smallest absolute Gasteiger partial charge is 0.0670 e. The Kier molecular flexibility index (Phi) is 4.46. The van der Waals surface area contributed by atoms with Crippen molar-refractivity contribution in [2.45, 2.75) is 38.5 Å². The SMILES string of the molecule is N#CCc1cc(N2CCCCCCC2)ccc1N. The van der Waals surface area contributed by atoms with Crippen molar-refractivity contribution in [3.8, 4) is 6.07 Å². The summed E-state index contributed by atoms with van der Waals surface area (Å²) in [5.74, 6) is 0. The molecule has 1 heterocycles. The van der Waals surface area contributed by atoms with Crippen molar-refractivity contribution in [3.05, 3.63) is 23.8 Å². The quantitative estimate of drug-likeness (QED) is 0.812. The average molecular weight is 243 g/mol. The van der Waals surface area contributed by atoms with Crippen LogP contribution in [0.5, 0.6) is 0 Å². The van der Waals surface area contributed by atoms with Gasteiger partial charge in [-0.3, -0.25) is 0 Å². The summed E-state index contributed by atoms with van der Waals surface area (Å²) in [6.45, 7) is 2.24. The zero-order valence-corrected chi connectivity index (χ0v) is 10.9. The molecule has 0 amide bonds. The minimum atomic E-state index is 0.396. The van der Waals surface area contributed by atoms with Crippen molar-refractivity contribution in [3.63, 3.8) is 0 Å². The van der Waals surface area contributed by atoms with Gasteiger partial charge in [-0.15, -0.1) is 0 Å². The van der Waals surface area contributed by atoms with Crippen LogP contribution in [0.4, 0.5) is 11.4 Å². The van der Waals surface area contributed by atoms with Crippen molar-refractivity contribution in [1.82, 2.24) is 0 Å². The van der Waals surface area contributed by atoms with Gasteiger partial charge >= 0.3 is 0 Å². The van der Waals surface area contributed by atoms with Crippen LogP contribution >= 0.6 is 0 Å². The third-order valence-corrected chi connectivity index (χ3v) is 3.62. The van der Waals surface area contributed by atoms with Gasteiger partial charge in [-0.25, -0.2) is 0 Å². The summed E-state index contributed by atoms with van der Waals surface area (Å²) in [6.07, 6.45) is 6.95. The van der Waals surface area contributed by atoms with Crippen molar-refractivity contribution >= 4 is 11.4 Å². The van der Waals surface area contributed by atoms with E-state index in [9.17, 15) is 0 Å². The highest BCUT2D eigenvalue weighted by Crippen LogP contribution is 2.24. The van der Waals surface area contributed by atoms with Crippen LogP contribution < -0.4 is 10.6 Å². The summed E-state index contributed by atoms with van der Waals surface area (Å²) in [7, 11) is 0. The maximum absolute atomic E-state index is 8.81. The molecule has 1 saturated heterocycles. The molecular formula is C15H21N3. The van der Waals surface area contributed by atoms with Crippen molar-refractivity contribution in [2.75, 3.05) is 23.7 Å². The minimum Gasteiger partial charge on any atom is -0.398 e. The van der Waals surface area contributed by atoms with E-state index in [4.69, 9.17) is 11.0 Å². The Labute approximate surface area is 109 Å². The summed E-state index contributed by atoms with van der Waals surface area (Å²) in [6, 6.07) is 8.27. The van der Waals surface area contributed by atoms with Crippen LogP contribution in [0, 0.1) is 11.3 Å². The summed E-state index contributed by atoms with van der Waals surface area (Å²) in [5.41, 5.74) is 8.79. The number of rotatable bonds is 2. The highest BCUT2D eigenvalue weighted by molar-refractivity contribution is 5.59. The average Bonchev–Trinajstić information content (AvgIpc) is 2.32. The maximum atomic E-state index is 8.81. The third kappa shape index (κ3) is 3.16. The molecule has 0 bridgehead atoms. The Morgan fingerprint density at radius 1 is 1.11 bits per heavy atom. The second-order valence-corrected chi connectivity index (χ2v) is 4.97. The van der Waals surface area contributed by atoms with E-state index in [1.54, 1.807) is 0 Å². The van der Waals surface area contributed by atoms with E-state index < -0.39 is 0 Å². The lowest BCUT2D eigenvalue weighted by Crippen LogP contribution is -2.27. The Morgan fingerprint density at radius 2 is 1.78 bits per heavy atom. The van der Waals surface area contributed by atoms with Crippen LogP contribution in [0.1, 0.15) is 37.7 Å². The van der Waals surface area contributed by atoms with E-state index in [1.165, 1.54) is 37.8 Å². The lowest BCUT2D eigenvalue weighted by atomic mass is 10.1. The maximum Gasteiger partial charge on any atom is 0.0670 e. The lowest BCUT2D eigenvalue weighted by molar-refractivity contribution is 0.556. The van der Waals surface area contributed by atoms with Crippen LogP contribution in [0.3, 0.4) is 0 Å². The van der Waals surface area contributed by atoms with Gasteiger partial charge in [-0.05, 0) is 36.6 Å². The van der Waals surface area contributed by atoms with Gasteiger partial charge in [0.15, 0.2) is 0 Å². The largest absolute Gasteiger partial charge is 0.398 e. The van der Waals surface area contributed by atoms with Crippen molar-refractivity contribution in [2.24, 2.45) is 0 Å². The standard InChI is InChI=1S/C15H21N3/c16-9-8-13-12-14(6-7-15(13)17)18-10-4-2-1-3-5-11-18/h6-7,12H,1-5,8,10-11,17H2. The van der Waals surface area contributed by atoms with Crippen LogP contribution in [0.2, 0.25) is 0 Å². The Balaban J connectivity index is 2.15. The molecule has 96 valence electrons. The van der Waals surface area contributed by atoms with Gasteiger partial charge in [0.1, 0.15) is 0 Å². The number of anilines is 2. The Bertz CT molecular complexity index is 426. The fraction of sp³-hybridized carbons (Fsp3) is 0.533. The molecule has 0 radical (unpaired) electrons. The minimum absolute atomic E-state index is 0.396. The molecule has 1 aromatic rings. The number of nitrogens with two attached hydrogens (primary N) is 1. The summed E-state index contributed by atoms with van der Waals surface area (Å²) in [5, 5.41) is 8.81. The predicted molar refractivity (Wildman–Crippen MR) is 75.5 cm³/mol. The van der Waals surface area contributed by atoms with Crippen molar-refractivity contribution < 1.29 is 0 Å². The van der Waals surface area contributed by atoms with Gasteiger partial charge in [0.2, 0.25) is 0 Å². The van der Waals surface area contributed by atoms with Gasteiger partial charge in [-0.2, -0.15) is 5.26 Å². The van der Waals surface area contributed by atoms with Gasteiger partial charge in [-0.1, -0.05) is 19.3 Å². The molecule has 0 atom stereocenters. The zero-order valence-electron chi connectivity index (χ0n) is 10.9. The second kappa shape index (κ2) is 6.30. The molecule has 1 aliphatic rings. The molecule has 18 heavy (non-hydrogen) atoms. The highest BCUT2D eigenvalue weighted by Gasteiger charge is 2.10. The predicted octanol–water partition coefficient (Wildman–Crippen LogP) is 3.11. The topological polar surface area (TPSA) is 53.0 Å². The first-order valence-corrected chi connectivity index (χ1v) is 6.81. The van der Waals surface area contributed by atoms with E-state index >= 15 is 0 Å². The molecule has 2 N–H and O–H groups in total. The molecule has 0 spiro atoms. The second-order valence-electron chi connectivity index (χ2n) is 4.97. The van der Waals surface area contributed by atoms with Gasteiger partial charge < -0.3 is 10.6 Å². The number of nitrogens with zero attached hydrogens (tertiary/aromatic N) is 2. The van der Waals surface area contributed by atoms with E-state index in [0.29, 0.717) is 6.42 Å². The normalized spacial score (nSPS) is 16.7. The number of nitrogen functional groups attached to an aromatic ring is 1. The van der Waals surface area contributed by atoms with Crippen LogP contribution in [0.15, 0.2) is 18.2 Å². The number of hydrogen-bond donors (Lipinski definition) is 1. The van der Waals surface area contributed by atoms with E-state index in [2.05, 4.69) is 23.1 Å². The monoisotopic (exact) mass is 243 g/mol. The molecule has 0 aromatic heterocycles. The zero-order chi connectivity index (χ0) is 12.8. The summed E-state index contributed by atoms with van der Waals surface area (Å²) in [4.78, 5) is 2.43. The lowest BCUT2D eigenvalue weighted by Gasteiger charge is -2.27. The van der Waals surface area contributed by atoms with Gasteiger partial charge in [0.25, 0.3) is 0 Å². The van der Waals surface area contributed by atoms with Crippen LogP contribution in [-0.4, -0.2) is 13.1 Å². The molecule has 0 aliphatic carbocycles. The van der Waals surface area contributed by atoms with Gasteiger partial charge in [0, 0.05) is 24.5 Å². The molecule has 1 aromatic carbocycles. The van der Waals surface area contributed by atoms with E-state index in [1.807, 2.05) is 6.07 Å². The summed E-state index contributed by atoms with van der Waals surface area (Å²) >= 11 is 0. The highest BCUT2D eigenvalue weighted by atomic mass is 15.1. The number of hydrogen-bond acceptors (Lipinski definition) is 3. The molecule has 2 rings (SSSR count). The molecule has 0 saturated carbocycles. The first kappa shape index (κ1) is 12.8. The molecule has 3 heteroatoms. The number of benzene rings is 1. The summed E-state index contributed by atoms with van der Waals surface area (Å²) < 4.78 is 0. The Morgan fingerprint density at radius 3 is 2.44 bits per heavy atom. The first-order valence-electron chi connectivity index (χ1n) is 6.81. The Hall–Kier alpha value is -1.69. The van der Waals surface area contributed by atoms with Gasteiger partial charge in [0.05, 0.1) is 12.5 Å². The van der Waals surface area contributed by atoms with Crippen molar-refractivity contribution in [1.29, 1.82) is 5.26 Å². The fourth-order valence-electron chi connectivity index (χ4n) is 2.53. The molecular weight excluding hydrogens is 222 g/mol. The fourth-order valence-corrected chi connectivity index (χ4v) is 2.53. The third-order valence-electron chi connectivity index (χ3n) is 3.62. The molecule has 1 aliphatic heterocycles. The van der Waals surface area contributed by atoms with E-state index in [-0.39, 0.29) is 0 Å². The van der Waals surface area contributed by atoms with E-state index in [0.717, 1.165) is 24.3 Å². The van der Waals surface area contributed by atoms with Crippen LogP contribution in [0.25, 0.3) is 0 Å². The van der Waals surface area contributed by atoms with Crippen LogP contribution in [-0.2, 0) is 6.42 Å². The first-order chi connectivity index (χ1) is 8.81. The number of nitriles is 1. The molecule has 1 fully saturated rings. The molecule has 3 nitrogen and oxygen atoms in total.